The Morgan fingerprint density at radius 2 is 1.89 bits per heavy atom. The minimum atomic E-state index is -0.513. The van der Waals surface area contributed by atoms with Crippen molar-refractivity contribution in [3.8, 4) is 0 Å². The van der Waals surface area contributed by atoms with E-state index in [4.69, 9.17) is 11.6 Å². The topological polar surface area (TPSA) is 17.1 Å². The van der Waals surface area contributed by atoms with Gasteiger partial charge in [-0.15, -0.1) is 11.6 Å². The van der Waals surface area contributed by atoms with Gasteiger partial charge in [0.05, 0.1) is 15.7 Å². The molecule has 1 aromatic carbocycles. The number of carbonyl (C=O) groups excluding carboxylic acids is 1. The lowest BCUT2D eigenvalue weighted by molar-refractivity contribution is -0.128. The number of rotatable bonds is 1. The summed E-state index contributed by atoms with van der Waals surface area (Å²) in [5, 5.41) is 0. The van der Waals surface area contributed by atoms with E-state index in [1.807, 2.05) is 38.1 Å². The third-order valence-electron chi connectivity index (χ3n) is 5.35. The summed E-state index contributed by atoms with van der Waals surface area (Å²) in [4.78, 5) is 12.2. The lowest BCUT2D eigenvalue weighted by Gasteiger charge is -2.31. The first-order valence-corrected chi connectivity index (χ1v) is 7.04. The van der Waals surface area contributed by atoms with Gasteiger partial charge < -0.3 is 0 Å². The molecule has 96 valence electrons. The molecule has 0 amide bonds. The maximum atomic E-state index is 12.7. The van der Waals surface area contributed by atoms with E-state index in [9.17, 15) is 4.79 Å². The van der Waals surface area contributed by atoms with E-state index in [2.05, 4.69) is 24.3 Å². The predicted molar refractivity (Wildman–Crippen MR) is 76.9 cm³/mol. The zero-order chi connectivity index (χ0) is 13.5. The van der Waals surface area contributed by atoms with Crippen molar-refractivity contribution in [1.29, 1.82) is 0 Å². The molecule has 5 rings (SSSR count). The van der Waals surface area contributed by atoms with Crippen LogP contribution in [0.5, 0.6) is 0 Å². The summed E-state index contributed by atoms with van der Waals surface area (Å²) in [6.45, 7) is 4.01. The van der Waals surface area contributed by atoms with E-state index in [1.165, 1.54) is 0 Å². The Hall–Kier alpha value is -1.34. The molecule has 4 atom stereocenters. The van der Waals surface area contributed by atoms with Crippen LogP contribution < -0.4 is 0 Å². The quantitative estimate of drug-likeness (QED) is 0.560. The number of alkyl halides is 1. The Bertz CT molecular complexity index is 659. The minimum Gasteiger partial charge on any atom is -0.298 e. The van der Waals surface area contributed by atoms with Gasteiger partial charge >= 0.3 is 0 Å². The zero-order valence-electron chi connectivity index (χ0n) is 11.0. The van der Waals surface area contributed by atoms with E-state index in [-0.39, 0.29) is 11.7 Å². The molecular formula is C17H15ClO. The molecule has 0 aromatic heterocycles. The van der Waals surface area contributed by atoms with Gasteiger partial charge in [0.15, 0.2) is 5.78 Å². The molecule has 0 N–H and O–H groups in total. The third-order valence-corrected chi connectivity index (χ3v) is 6.18. The molecule has 2 heteroatoms. The number of Topliss-reactive ketones (excluding diaryl/α,β-unsaturated/α-hetero) is 1. The highest BCUT2D eigenvalue weighted by Crippen LogP contribution is 2.82. The molecule has 4 bridgehead atoms. The molecule has 0 heterocycles. The van der Waals surface area contributed by atoms with Crippen LogP contribution in [0.15, 0.2) is 48.1 Å². The van der Waals surface area contributed by atoms with Crippen LogP contribution in [0.1, 0.15) is 19.4 Å². The predicted octanol–water partition coefficient (Wildman–Crippen LogP) is 3.84. The van der Waals surface area contributed by atoms with E-state index in [0.717, 1.165) is 11.1 Å². The fraction of sp³-hybridized carbons (Fsp3) is 0.353. The van der Waals surface area contributed by atoms with Crippen molar-refractivity contribution < 1.29 is 4.79 Å². The van der Waals surface area contributed by atoms with Gasteiger partial charge in [0.25, 0.3) is 0 Å². The smallest absolute Gasteiger partial charge is 0.155 e. The van der Waals surface area contributed by atoms with Gasteiger partial charge in [-0.2, -0.15) is 0 Å². The second kappa shape index (κ2) is 3.04. The number of halogens is 1. The normalized spacial score (nSPS) is 47.8. The maximum absolute atomic E-state index is 12.7. The number of hydrogen-bond acceptors (Lipinski definition) is 1. The van der Waals surface area contributed by atoms with Crippen molar-refractivity contribution >= 4 is 23.5 Å². The molecule has 0 saturated heterocycles. The van der Waals surface area contributed by atoms with Crippen LogP contribution in [0.4, 0.5) is 0 Å². The number of carbonyl (C=O) groups is 1. The zero-order valence-corrected chi connectivity index (χ0v) is 11.7. The largest absolute Gasteiger partial charge is 0.298 e. The van der Waals surface area contributed by atoms with Gasteiger partial charge in [-0.3, -0.25) is 4.79 Å². The molecule has 4 aliphatic rings. The van der Waals surface area contributed by atoms with E-state index >= 15 is 0 Å². The summed E-state index contributed by atoms with van der Waals surface area (Å²) < 4.78 is 0. The van der Waals surface area contributed by atoms with Crippen molar-refractivity contribution in [2.75, 3.05) is 0 Å². The summed E-state index contributed by atoms with van der Waals surface area (Å²) in [5.41, 5.74) is 1.29. The molecule has 0 aliphatic heterocycles. The SMILES string of the molecule is CC12C=CC3C(C)(C1=O)C3(Cl)/C2=C/c1ccccc1. The fourth-order valence-corrected chi connectivity index (χ4v) is 4.84. The van der Waals surface area contributed by atoms with Crippen LogP contribution in [-0.2, 0) is 4.79 Å². The Morgan fingerprint density at radius 1 is 1.21 bits per heavy atom. The van der Waals surface area contributed by atoms with Gasteiger partial charge in [0.1, 0.15) is 0 Å². The monoisotopic (exact) mass is 270 g/mol. The summed E-state index contributed by atoms with van der Waals surface area (Å²) in [6.07, 6.45) is 6.29. The molecule has 19 heavy (non-hydrogen) atoms. The molecule has 4 aliphatic carbocycles. The van der Waals surface area contributed by atoms with Gasteiger partial charge in [-0.1, -0.05) is 48.6 Å². The van der Waals surface area contributed by atoms with E-state index < -0.39 is 15.7 Å². The van der Waals surface area contributed by atoms with Gasteiger partial charge in [0.2, 0.25) is 0 Å². The lowest BCUT2D eigenvalue weighted by atomic mass is 9.71. The fourth-order valence-electron chi connectivity index (χ4n) is 4.15. The average Bonchev–Trinajstić information content (AvgIpc) is 2.89. The summed E-state index contributed by atoms with van der Waals surface area (Å²) in [7, 11) is 0. The number of benzene rings is 1. The van der Waals surface area contributed by atoms with Crippen molar-refractivity contribution in [3.63, 3.8) is 0 Å². The lowest BCUT2D eigenvalue weighted by Crippen LogP contribution is -2.33. The van der Waals surface area contributed by atoms with Crippen LogP contribution in [0.3, 0.4) is 0 Å². The second-order valence-corrected chi connectivity index (χ2v) is 6.85. The van der Waals surface area contributed by atoms with E-state index in [0.29, 0.717) is 0 Å². The Balaban J connectivity index is 1.94. The van der Waals surface area contributed by atoms with Gasteiger partial charge in [-0.05, 0) is 25.0 Å². The van der Waals surface area contributed by atoms with Crippen LogP contribution in [-0.4, -0.2) is 10.7 Å². The molecule has 2 fully saturated rings. The first-order chi connectivity index (χ1) is 8.95. The van der Waals surface area contributed by atoms with Crippen LogP contribution in [0.2, 0.25) is 0 Å². The van der Waals surface area contributed by atoms with Crippen molar-refractivity contribution in [2.45, 2.75) is 18.7 Å². The molecule has 1 nitrogen and oxygen atoms in total. The highest BCUT2D eigenvalue weighted by Gasteiger charge is 2.87. The Morgan fingerprint density at radius 3 is 2.47 bits per heavy atom. The Kier molecular flexibility index (Phi) is 1.84. The molecular weight excluding hydrogens is 256 g/mol. The number of allylic oxidation sites excluding steroid dienone is 3. The molecule has 1 aromatic rings. The highest BCUT2D eigenvalue weighted by molar-refractivity contribution is 6.37. The Labute approximate surface area is 118 Å². The number of hydrogen-bond donors (Lipinski definition) is 0. The van der Waals surface area contributed by atoms with E-state index in [1.54, 1.807) is 0 Å². The summed E-state index contributed by atoms with van der Waals surface area (Å²) >= 11 is 6.84. The number of ketones is 1. The van der Waals surface area contributed by atoms with Gasteiger partial charge in [0, 0.05) is 5.92 Å². The maximum Gasteiger partial charge on any atom is 0.155 e. The highest BCUT2D eigenvalue weighted by atomic mass is 35.5. The molecule has 2 saturated carbocycles. The molecule has 4 unspecified atom stereocenters. The van der Waals surface area contributed by atoms with Crippen LogP contribution in [0.25, 0.3) is 6.08 Å². The second-order valence-electron chi connectivity index (χ2n) is 6.25. The first-order valence-electron chi connectivity index (χ1n) is 6.66. The van der Waals surface area contributed by atoms with Crippen molar-refractivity contribution in [1.82, 2.24) is 0 Å². The first kappa shape index (κ1) is 11.5. The average molecular weight is 271 g/mol. The minimum absolute atomic E-state index is 0.172. The van der Waals surface area contributed by atoms with Crippen molar-refractivity contribution in [2.24, 2.45) is 16.7 Å². The van der Waals surface area contributed by atoms with Gasteiger partial charge in [-0.25, -0.2) is 0 Å². The van der Waals surface area contributed by atoms with Crippen LogP contribution in [0, 0.1) is 16.7 Å². The summed E-state index contributed by atoms with van der Waals surface area (Å²) in [5.74, 6) is 0.454. The molecule has 0 spiro atoms. The van der Waals surface area contributed by atoms with Crippen LogP contribution >= 0.6 is 11.6 Å². The standard InChI is InChI=1S/C17H15ClO/c1-15-9-8-12-16(2,14(15)19)17(12,18)13(15)10-11-6-4-3-5-7-11/h3-10,12H,1-2H3/b13-10+. The molecule has 0 radical (unpaired) electrons. The van der Waals surface area contributed by atoms with Crippen molar-refractivity contribution in [3.05, 3.63) is 53.6 Å². The summed E-state index contributed by atoms with van der Waals surface area (Å²) in [6, 6.07) is 10.1. The third kappa shape index (κ3) is 1.01.